The third-order valence-electron chi connectivity index (χ3n) is 3.29. The van der Waals surface area contributed by atoms with Crippen molar-refractivity contribution < 1.29 is 18.3 Å². The van der Waals surface area contributed by atoms with Crippen LogP contribution in [0.2, 0.25) is 0 Å². The lowest BCUT2D eigenvalue weighted by molar-refractivity contribution is -0.0512. The van der Waals surface area contributed by atoms with E-state index in [1.54, 1.807) is 25.4 Å². The van der Waals surface area contributed by atoms with E-state index in [2.05, 4.69) is 25.3 Å². The SMILES string of the molecule is CN=C(NCc1ccc(OC)c(OC(F)F)c1)NCc1ccccn1. The van der Waals surface area contributed by atoms with E-state index in [0.717, 1.165) is 11.3 Å². The smallest absolute Gasteiger partial charge is 0.387 e. The number of nitrogens with one attached hydrogen (secondary N) is 2. The molecule has 0 saturated carbocycles. The van der Waals surface area contributed by atoms with Gasteiger partial charge in [0.2, 0.25) is 0 Å². The van der Waals surface area contributed by atoms with Crippen LogP contribution in [0.5, 0.6) is 11.5 Å². The number of nitrogens with zero attached hydrogens (tertiary/aromatic N) is 2. The topological polar surface area (TPSA) is 67.8 Å². The van der Waals surface area contributed by atoms with Crippen LogP contribution in [0.15, 0.2) is 47.6 Å². The number of ether oxygens (including phenoxy) is 2. The Morgan fingerprint density at radius 2 is 1.96 bits per heavy atom. The Morgan fingerprint density at radius 1 is 1.16 bits per heavy atom. The predicted octanol–water partition coefficient (Wildman–Crippen LogP) is 2.56. The van der Waals surface area contributed by atoms with Crippen LogP contribution in [0.4, 0.5) is 8.78 Å². The molecule has 0 radical (unpaired) electrons. The number of hydrogen-bond acceptors (Lipinski definition) is 4. The van der Waals surface area contributed by atoms with Gasteiger partial charge in [-0.2, -0.15) is 8.78 Å². The summed E-state index contributed by atoms with van der Waals surface area (Å²) in [6.07, 6.45) is 1.72. The summed E-state index contributed by atoms with van der Waals surface area (Å²) in [4.78, 5) is 8.33. The molecule has 2 rings (SSSR count). The second-order valence-electron chi connectivity index (χ2n) is 4.96. The molecule has 0 bridgehead atoms. The monoisotopic (exact) mass is 350 g/mol. The van der Waals surface area contributed by atoms with Gasteiger partial charge in [0.25, 0.3) is 0 Å². The maximum absolute atomic E-state index is 12.5. The van der Waals surface area contributed by atoms with Gasteiger partial charge in [0, 0.05) is 19.8 Å². The van der Waals surface area contributed by atoms with Gasteiger partial charge >= 0.3 is 6.61 Å². The van der Waals surface area contributed by atoms with Crippen LogP contribution in [0.1, 0.15) is 11.3 Å². The van der Waals surface area contributed by atoms with Gasteiger partial charge in [0.1, 0.15) is 0 Å². The first-order valence-electron chi connectivity index (χ1n) is 7.58. The van der Waals surface area contributed by atoms with E-state index in [1.807, 2.05) is 18.2 Å². The van der Waals surface area contributed by atoms with Gasteiger partial charge in [0.15, 0.2) is 17.5 Å². The van der Waals surface area contributed by atoms with Gasteiger partial charge in [0.05, 0.1) is 19.3 Å². The Bertz CT molecular complexity index is 696. The van der Waals surface area contributed by atoms with Crippen LogP contribution in [0.3, 0.4) is 0 Å². The van der Waals surface area contributed by atoms with Crippen molar-refractivity contribution in [1.29, 1.82) is 0 Å². The predicted molar refractivity (Wildman–Crippen MR) is 90.9 cm³/mol. The Labute approximate surface area is 144 Å². The highest BCUT2D eigenvalue weighted by Gasteiger charge is 2.11. The lowest BCUT2D eigenvalue weighted by Gasteiger charge is -2.14. The summed E-state index contributed by atoms with van der Waals surface area (Å²) in [7, 11) is 3.04. The van der Waals surface area contributed by atoms with Gasteiger partial charge in [-0.1, -0.05) is 12.1 Å². The molecule has 2 aromatic rings. The molecule has 1 aromatic heterocycles. The normalized spacial score (nSPS) is 11.3. The molecule has 0 aliphatic rings. The van der Waals surface area contributed by atoms with Crippen LogP contribution in [0, 0.1) is 0 Å². The number of aliphatic imine (C=N–C) groups is 1. The highest BCUT2D eigenvalue weighted by atomic mass is 19.3. The third kappa shape index (κ3) is 5.91. The Hall–Kier alpha value is -2.90. The lowest BCUT2D eigenvalue weighted by Crippen LogP contribution is -2.36. The Kier molecular flexibility index (Phi) is 6.94. The second kappa shape index (κ2) is 9.41. The van der Waals surface area contributed by atoms with E-state index >= 15 is 0 Å². The highest BCUT2D eigenvalue weighted by Crippen LogP contribution is 2.29. The van der Waals surface area contributed by atoms with Gasteiger partial charge in [-0.15, -0.1) is 0 Å². The minimum absolute atomic E-state index is 0.00627. The Morgan fingerprint density at radius 3 is 2.60 bits per heavy atom. The zero-order chi connectivity index (χ0) is 18.1. The molecule has 0 spiro atoms. The number of guanidine groups is 1. The maximum Gasteiger partial charge on any atom is 0.387 e. The molecule has 0 saturated heterocycles. The fraction of sp³-hybridized carbons (Fsp3) is 0.294. The largest absolute Gasteiger partial charge is 0.493 e. The minimum Gasteiger partial charge on any atom is -0.493 e. The van der Waals surface area contributed by atoms with E-state index in [1.165, 1.54) is 13.2 Å². The fourth-order valence-corrected chi connectivity index (χ4v) is 2.10. The number of hydrogen-bond donors (Lipinski definition) is 2. The standard InChI is InChI=1S/C17H20F2N4O2/c1-20-17(23-11-13-5-3-4-8-21-13)22-10-12-6-7-14(24-2)15(9-12)25-16(18)19/h3-9,16H,10-11H2,1-2H3,(H2,20,22,23). The highest BCUT2D eigenvalue weighted by molar-refractivity contribution is 5.79. The molecule has 0 amide bonds. The van der Waals surface area contributed by atoms with Crippen LogP contribution >= 0.6 is 0 Å². The first-order valence-corrected chi connectivity index (χ1v) is 7.58. The summed E-state index contributed by atoms with van der Waals surface area (Å²) in [5, 5.41) is 6.23. The number of alkyl halides is 2. The van der Waals surface area contributed by atoms with Gasteiger partial charge in [-0.3, -0.25) is 9.98 Å². The van der Waals surface area contributed by atoms with Gasteiger partial charge < -0.3 is 20.1 Å². The first-order chi connectivity index (χ1) is 12.1. The van der Waals surface area contributed by atoms with E-state index in [4.69, 9.17) is 4.74 Å². The minimum atomic E-state index is -2.91. The fourth-order valence-electron chi connectivity index (χ4n) is 2.10. The van der Waals surface area contributed by atoms with E-state index in [-0.39, 0.29) is 11.5 Å². The molecule has 2 N–H and O–H groups in total. The molecule has 134 valence electrons. The molecular formula is C17H20F2N4O2. The summed E-state index contributed by atoms with van der Waals surface area (Å²) in [6, 6.07) is 10.5. The summed E-state index contributed by atoms with van der Waals surface area (Å²) < 4.78 is 34.4. The molecule has 0 atom stereocenters. The van der Waals surface area contributed by atoms with Crippen molar-refractivity contribution in [1.82, 2.24) is 15.6 Å². The molecule has 8 heteroatoms. The molecule has 1 aromatic carbocycles. The average Bonchev–Trinajstić information content (AvgIpc) is 2.62. The van der Waals surface area contributed by atoms with Crippen molar-refractivity contribution >= 4 is 5.96 Å². The van der Waals surface area contributed by atoms with Crippen LogP contribution < -0.4 is 20.1 Å². The van der Waals surface area contributed by atoms with Crippen LogP contribution in [0.25, 0.3) is 0 Å². The van der Waals surface area contributed by atoms with Crippen molar-refractivity contribution in [3.8, 4) is 11.5 Å². The number of halogens is 2. The first kappa shape index (κ1) is 18.4. The number of pyridine rings is 1. The van der Waals surface area contributed by atoms with Crippen molar-refractivity contribution in [3.05, 3.63) is 53.9 Å². The molecule has 0 aliphatic carbocycles. The zero-order valence-electron chi connectivity index (χ0n) is 14.0. The van der Waals surface area contributed by atoms with Crippen molar-refractivity contribution in [2.45, 2.75) is 19.7 Å². The molecule has 25 heavy (non-hydrogen) atoms. The third-order valence-corrected chi connectivity index (χ3v) is 3.29. The van der Waals surface area contributed by atoms with Gasteiger partial charge in [-0.05, 0) is 29.8 Å². The van der Waals surface area contributed by atoms with E-state index < -0.39 is 6.61 Å². The molecule has 0 unspecified atom stereocenters. The van der Waals surface area contributed by atoms with Crippen LogP contribution in [-0.4, -0.2) is 31.7 Å². The summed E-state index contributed by atoms with van der Waals surface area (Å²) >= 11 is 0. The zero-order valence-corrected chi connectivity index (χ0v) is 14.0. The lowest BCUT2D eigenvalue weighted by atomic mass is 10.2. The van der Waals surface area contributed by atoms with Gasteiger partial charge in [-0.25, -0.2) is 0 Å². The summed E-state index contributed by atoms with van der Waals surface area (Å²) in [5.74, 6) is 0.813. The van der Waals surface area contributed by atoms with Crippen molar-refractivity contribution in [3.63, 3.8) is 0 Å². The average molecular weight is 350 g/mol. The molecule has 0 aliphatic heterocycles. The van der Waals surface area contributed by atoms with E-state index in [0.29, 0.717) is 19.0 Å². The molecule has 1 heterocycles. The van der Waals surface area contributed by atoms with Crippen molar-refractivity contribution in [2.24, 2.45) is 4.99 Å². The summed E-state index contributed by atoms with van der Waals surface area (Å²) in [6.45, 7) is -2.01. The summed E-state index contributed by atoms with van der Waals surface area (Å²) in [5.41, 5.74) is 1.62. The van der Waals surface area contributed by atoms with Crippen molar-refractivity contribution in [2.75, 3.05) is 14.2 Å². The van der Waals surface area contributed by atoms with E-state index in [9.17, 15) is 8.78 Å². The van der Waals surface area contributed by atoms with Crippen LogP contribution in [-0.2, 0) is 13.1 Å². The number of methoxy groups -OCH3 is 1. The number of aromatic nitrogens is 1. The Balaban J connectivity index is 1.94. The number of benzene rings is 1. The molecule has 0 fully saturated rings. The second-order valence-corrected chi connectivity index (χ2v) is 4.96. The molecule has 6 nitrogen and oxygen atoms in total. The number of rotatable bonds is 7. The maximum atomic E-state index is 12.5. The quantitative estimate of drug-likeness (QED) is 0.593. The molecular weight excluding hydrogens is 330 g/mol.